The fourth-order valence-electron chi connectivity index (χ4n) is 1.95. The van der Waals surface area contributed by atoms with Crippen molar-refractivity contribution in [1.29, 1.82) is 0 Å². The van der Waals surface area contributed by atoms with Gasteiger partial charge in [0.15, 0.2) is 5.76 Å². The van der Waals surface area contributed by atoms with E-state index in [4.69, 9.17) is 14.9 Å². The summed E-state index contributed by atoms with van der Waals surface area (Å²) in [4.78, 5) is 0. The second-order valence-electron chi connectivity index (χ2n) is 4.48. The number of tetrazole rings is 1. The van der Waals surface area contributed by atoms with Gasteiger partial charge in [0.1, 0.15) is 5.75 Å². The van der Waals surface area contributed by atoms with Crippen LogP contribution < -0.4 is 10.5 Å². The first-order chi connectivity index (χ1) is 10.3. The molecule has 0 saturated heterocycles. The lowest BCUT2D eigenvalue weighted by molar-refractivity contribution is 0.298. The number of hydrogen-bond donors (Lipinski definition) is 1. The predicted octanol–water partition coefficient (Wildman–Crippen LogP) is 1.98. The maximum absolute atomic E-state index is 5.69. The Kier molecular flexibility index (Phi) is 3.81. The Bertz CT molecular complexity index is 693. The van der Waals surface area contributed by atoms with Crippen LogP contribution in [0.5, 0.6) is 5.75 Å². The van der Waals surface area contributed by atoms with Crippen LogP contribution >= 0.6 is 0 Å². The number of benzene rings is 1. The van der Waals surface area contributed by atoms with Gasteiger partial charge < -0.3 is 14.9 Å². The summed E-state index contributed by atoms with van der Waals surface area (Å²) in [7, 11) is 0. The van der Waals surface area contributed by atoms with Crippen LogP contribution in [-0.2, 0) is 6.54 Å². The average Bonchev–Trinajstić information content (AvgIpc) is 3.14. The molecule has 1 aromatic carbocycles. The van der Waals surface area contributed by atoms with E-state index in [2.05, 4.69) is 15.5 Å². The summed E-state index contributed by atoms with van der Waals surface area (Å²) in [6, 6.07) is 11.0. The predicted molar refractivity (Wildman–Crippen MR) is 76.5 cm³/mol. The van der Waals surface area contributed by atoms with Crippen LogP contribution in [0.25, 0.3) is 11.6 Å². The molecular weight excluding hydrogens is 270 g/mol. The summed E-state index contributed by atoms with van der Waals surface area (Å²) in [6.45, 7) is 1.20. The lowest BCUT2D eigenvalue weighted by atomic mass is 10.3. The largest absolute Gasteiger partial charge is 0.493 e. The van der Waals surface area contributed by atoms with Crippen LogP contribution in [0, 0.1) is 0 Å². The molecule has 0 radical (unpaired) electrons. The molecule has 0 aliphatic carbocycles. The van der Waals surface area contributed by atoms with Crippen molar-refractivity contribution in [2.24, 2.45) is 0 Å². The van der Waals surface area contributed by atoms with Gasteiger partial charge in [0.25, 0.3) is 0 Å². The van der Waals surface area contributed by atoms with Crippen LogP contribution in [0.15, 0.2) is 47.1 Å². The molecule has 0 unspecified atom stereocenters. The molecule has 0 atom stereocenters. The van der Waals surface area contributed by atoms with Gasteiger partial charge in [-0.3, -0.25) is 0 Å². The van der Waals surface area contributed by atoms with Crippen molar-refractivity contribution in [2.45, 2.75) is 13.0 Å². The zero-order valence-electron chi connectivity index (χ0n) is 11.3. The summed E-state index contributed by atoms with van der Waals surface area (Å²) in [5.74, 6) is 2.03. The maximum Gasteiger partial charge on any atom is 0.217 e. The minimum absolute atomic E-state index is 0.556. The van der Waals surface area contributed by atoms with E-state index in [-0.39, 0.29) is 0 Å². The van der Waals surface area contributed by atoms with Crippen molar-refractivity contribution in [3.05, 3.63) is 42.7 Å². The zero-order valence-corrected chi connectivity index (χ0v) is 11.3. The van der Waals surface area contributed by atoms with Crippen molar-refractivity contribution in [3.63, 3.8) is 0 Å². The average molecular weight is 285 g/mol. The molecule has 0 spiro atoms. The minimum atomic E-state index is 0.556. The molecule has 0 fully saturated rings. The SMILES string of the molecule is Nc1cccc(OCCCn2nnnc2-c2ccco2)c1. The van der Waals surface area contributed by atoms with E-state index < -0.39 is 0 Å². The second-order valence-corrected chi connectivity index (χ2v) is 4.48. The third kappa shape index (κ3) is 3.19. The third-order valence-electron chi connectivity index (χ3n) is 2.91. The Morgan fingerprint density at radius 3 is 3.00 bits per heavy atom. The Hall–Kier alpha value is -2.83. The quantitative estimate of drug-likeness (QED) is 0.550. The molecule has 2 aromatic heterocycles. The molecule has 108 valence electrons. The van der Waals surface area contributed by atoms with E-state index in [0.717, 1.165) is 12.2 Å². The van der Waals surface area contributed by atoms with Gasteiger partial charge in [-0.1, -0.05) is 6.07 Å². The van der Waals surface area contributed by atoms with E-state index in [1.165, 1.54) is 0 Å². The monoisotopic (exact) mass is 285 g/mol. The normalized spacial score (nSPS) is 10.7. The first-order valence-corrected chi connectivity index (χ1v) is 6.61. The first kappa shape index (κ1) is 13.2. The molecule has 7 heteroatoms. The highest BCUT2D eigenvalue weighted by atomic mass is 16.5. The van der Waals surface area contributed by atoms with Gasteiger partial charge in [0.05, 0.1) is 12.9 Å². The molecule has 21 heavy (non-hydrogen) atoms. The Labute approximate surface area is 121 Å². The minimum Gasteiger partial charge on any atom is -0.493 e. The maximum atomic E-state index is 5.69. The molecule has 0 saturated carbocycles. The van der Waals surface area contributed by atoms with Gasteiger partial charge in [-0.15, -0.1) is 5.10 Å². The van der Waals surface area contributed by atoms with Gasteiger partial charge in [0.2, 0.25) is 5.82 Å². The molecule has 2 heterocycles. The Morgan fingerprint density at radius 2 is 2.19 bits per heavy atom. The van der Waals surface area contributed by atoms with E-state index in [9.17, 15) is 0 Å². The smallest absolute Gasteiger partial charge is 0.217 e. The van der Waals surface area contributed by atoms with Crippen molar-refractivity contribution < 1.29 is 9.15 Å². The van der Waals surface area contributed by atoms with Crippen LogP contribution in [0.1, 0.15) is 6.42 Å². The summed E-state index contributed by atoms with van der Waals surface area (Å²) in [6.07, 6.45) is 2.37. The molecular formula is C14H15N5O2. The van der Waals surface area contributed by atoms with E-state index in [0.29, 0.717) is 30.4 Å². The van der Waals surface area contributed by atoms with Crippen molar-refractivity contribution >= 4 is 5.69 Å². The number of rotatable bonds is 6. The van der Waals surface area contributed by atoms with Gasteiger partial charge in [-0.25, -0.2) is 4.68 Å². The summed E-state index contributed by atoms with van der Waals surface area (Å²) >= 11 is 0. The van der Waals surface area contributed by atoms with Crippen molar-refractivity contribution in [3.8, 4) is 17.3 Å². The number of aromatic nitrogens is 4. The Morgan fingerprint density at radius 1 is 1.24 bits per heavy atom. The number of ether oxygens (including phenoxy) is 1. The number of aryl methyl sites for hydroxylation is 1. The number of hydrogen-bond acceptors (Lipinski definition) is 6. The number of nitrogen functional groups attached to an aromatic ring is 1. The van der Waals surface area contributed by atoms with E-state index in [1.54, 1.807) is 23.1 Å². The Balaban J connectivity index is 1.53. The lowest BCUT2D eigenvalue weighted by Crippen LogP contribution is -2.07. The number of anilines is 1. The number of nitrogens with zero attached hydrogens (tertiary/aromatic N) is 4. The van der Waals surface area contributed by atoms with Crippen LogP contribution in [0.4, 0.5) is 5.69 Å². The van der Waals surface area contributed by atoms with Crippen LogP contribution in [0.3, 0.4) is 0 Å². The fraction of sp³-hybridized carbons (Fsp3) is 0.214. The molecule has 7 nitrogen and oxygen atoms in total. The molecule has 0 bridgehead atoms. The fourth-order valence-corrected chi connectivity index (χ4v) is 1.95. The highest BCUT2D eigenvalue weighted by molar-refractivity contribution is 5.45. The first-order valence-electron chi connectivity index (χ1n) is 6.61. The lowest BCUT2D eigenvalue weighted by Gasteiger charge is -2.07. The van der Waals surface area contributed by atoms with Gasteiger partial charge in [0, 0.05) is 24.7 Å². The van der Waals surface area contributed by atoms with Crippen LogP contribution in [-0.4, -0.2) is 26.8 Å². The van der Waals surface area contributed by atoms with Gasteiger partial charge in [-0.2, -0.15) is 0 Å². The van der Waals surface area contributed by atoms with Gasteiger partial charge in [-0.05, 0) is 34.7 Å². The number of nitrogens with two attached hydrogens (primary N) is 1. The third-order valence-corrected chi connectivity index (χ3v) is 2.91. The molecule has 0 aliphatic rings. The van der Waals surface area contributed by atoms with Gasteiger partial charge >= 0.3 is 0 Å². The van der Waals surface area contributed by atoms with Crippen molar-refractivity contribution in [1.82, 2.24) is 20.2 Å². The van der Waals surface area contributed by atoms with E-state index >= 15 is 0 Å². The highest BCUT2D eigenvalue weighted by Crippen LogP contribution is 2.17. The highest BCUT2D eigenvalue weighted by Gasteiger charge is 2.10. The topological polar surface area (TPSA) is 92.0 Å². The standard InChI is InChI=1S/C14H15N5O2/c15-11-4-1-5-12(10-11)20-9-3-7-19-14(16-17-18-19)13-6-2-8-21-13/h1-2,4-6,8,10H,3,7,9,15H2. The summed E-state index contributed by atoms with van der Waals surface area (Å²) < 4.78 is 12.6. The molecule has 0 aliphatic heterocycles. The van der Waals surface area contributed by atoms with Crippen LogP contribution in [0.2, 0.25) is 0 Å². The van der Waals surface area contributed by atoms with Crippen molar-refractivity contribution in [2.75, 3.05) is 12.3 Å². The van der Waals surface area contributed by atoms with E-state index in [1.807, 2.05) is 24.3 Å². The molecule has 3 aromatic rings. The number of furan rings is 1. The second kappa shape index (κ2) is 6.08. The molecule has 2 N–H and O–H groups in total. The summed E-state index contributed by atoms with van der Waals surface area (Å²) in [5, 5.41) is 11.6. The molecule has 0 amide bonds. The summed E-state index contributed by atoms with van der Waals surface area (Å²) in [5.41, 5.74) is 6.38. The molecule has 3 rings (SSSR count). The zero-order chi connectivity index (χ0) is 14.5.